The zero-order valence-electron chi connectivity index (χ0n) is 13.4. The van der Waals surface area contributed by atoms with E-state index < -0.39 is 0 Å². The molecule has 3 nitrogen and oxygen atoms in total. The van der Waals surface area contributed by atoms with Crippen LogP contribution in [-0.2, 0) is 6.54 Å². The Labute approximate surface area is 128 Å². The molecule has 0 saturated carbocycles. The summed E-state index contributed by atoms with van der Waals surface area (Å²) >= 11 is 6.39. The van der Waals surface area contributed by atoms with E-state index in [1.807, 2.05) is 12.3 Å². The molecule has 0 spiro atoms. The van der Waals surface area contributed by atoms with Gasteiger partial charge >= 0.3 is 0 Å². The van der Waals surface area contributed by atoms with Crippen LogP contribution in [0.1, 0.15) is 46.1 Å². The van der Waals surface area contributed by atoms with Crippen LogP contribution in [0.15, 0.2) is 12.3 Å². The molecule has 1 aromatic heterocycles. The van der Waals surface area contributed by atoms with Crippen molar-refractivity contribution in [1.82, 2.24) is 10.3 Å². The van der Waals surface area contributed by atoms with Gasteiger partial charge in [0.05, 0.1) is 5.02 Å². The highest BCUT2D eigenvalue weighted by Gasteiger charge is 2.15. The molecule has 1 rings (SSSR count). The van der Waals surface area contributed by atoms with Crippen LogP contribution in [0.3, 0.4) is 0 Å². The topological polar surface area (TPSA) is 28.2 Å². The lowest BCUT2D eigenvalue weighted by atomic mass is 10.0. The normalized spacial score (nSPS) is 12.8. The van der Waals surface area contributed by atoms with E-state index in [4.69, 9.17) is 11.6 Å². The molecular weight excluding hydrogens is 270 g/mol. The van der Waals surface area contributed by atoms with E-state index in [9.17, 15) is 0 Å². The van der Waals surface area contributed by atoms with Crippen molar-refractivity contribution in [1.29, 1.82) is 0 Å². The molecule has 0 fully saturated rings. The van der Waals surface area contributed by atoms with Crippen molar-refractivity contribution in [2.75, 3.05) is 18.5 Å². The van der Waals surface area contributed by atoms with Crippen LogP contribution in [0.5, 0.6) is 0 Å². The van der Waals surface area contributed by atoms with E-state index in [-0.39, 0.29) is 0 Å². The Morgan fingerprint density at radius 2 is 2.05 bits per heavy atom. The van der Waals surface area contributed by atoms with E-state index in [1.54, 1.807) is 0 Å². The first-order valence-corrected chi connectivity index (χ1v) is 7.91. The van der Waals surface area contributed by atoms with Crippen LogP contribution in [0.4, 0.5) is 5.82 Å². The fraction of sp³-hybridized carbons (Fsp3) is 0.688. The van der Waals surface area contributed by atoms with Crippen LogP contribution in [0.25, 0.3) is 0 Å². The summed E-state index contributed by atoms with van der Waals surface area (Å²) in [5.41, 5.74) is 1.14. The highest BCUT2D eigenvalue weighted by molar-refractivity contribution is 6.33. The van der Waals surface area contributed by atoms with E-state index in [0.29, 0.717) is 12.0 Å². The van der Waals surface area contributed by atoms with Crippen LogP contribution < -0.4 is 10.2 Å². The Balaban J connectivity index is 2.71. The van der Waals surface area contributed by atoms with Crippen LogP contribution in [-0.4, -0.2) is 24.6 Å². The molecule has 1 aromatic rings. The van der Waals surface area contributed by atoms with Gasteiger partial charge < -0.3 is 10.2 Å². The van der Waals surface area contributed by atoms with Crippen LogP contribution in [0.2, 0.25) is 5.02 Å². The van der Waals surface area contributed by atoms with E-state index in [1.165, 1.54) is 0 Å². The molecule has 1 atom stereocenters. The van der Waals surface area contributed by atoms with E-state index >= 15 is 0 Å². The molecule has 0 radical (unpaired) electrons. The third-order valence-electron chi connectivity index (χ3n) is 3.44. The van der Waals surface area contributed by atoms with Crippen molar-refractivity contribution in [3.05, 3.63) is 22.8 Å². The molecule has 20 heavy (non-hydrogen) atoms. The SMILES string of the molecule is CCCNCc1cnc(N(C)C(C)CC(C)C)c(Cl)c1. The summed E-state index contributed by atoms with van der Waals surface area (Å²) in [5.74, 6) is 1.54. The average molecular weight is 298 g/mol. The molecule has 114 valence electrons. The van der Waals surface area contributed by atoms with Gasteiger partial charge in [-0.3, -0.25) is 0 Å². The molecule has 1 unspecified atom stereocenters. The predicted molar refractivity (Wildman–Crippen MR) is 88.6 cm³/mol. The summed E-state index contributed by atoms with van der Waals surface area (Å²) < 4.78 is 0. The van der Waals surface area contributed by atoms with Gasteiger partial charge in [-0.2, -0.15) is 0 Å². The molecule has 1 heterocycles. The smallest absolute Gasteiger partial charge is 0.147 e. The first-order valence-electron chi connectivity index (χ1n) is 7.53. The summed E-state index contributed by atoms with van der Waals surface area (Å²) in [6.07, 6.45) is 4.19. The molecule has 0 aliphatic rings. The van der Waals surface area contributed by atoms with Crippen molar-refractivity contribution in [3.63, 3.8) is 0 Å². The lowest BCUT2D eigenvalue weighted by molar-refractivity contribution is 0.502. The minimum absolute atomic E-state index is 0.434. The Bertz CT molecular complexity index is 407. The van der Waals surface area contributed by atoms with Crippen molar-refractivity contribution in [3.8, 4) is 0 Å². The van der Waals surface area contributed by atoms with Crippen molar-refractivity contribution in [2.24, 2.45) is 5.92 Å². The second kappa shape index (κ2) is 8.48. The number of anilines is 1. The van der Waals surface area contributed by atoms with Gasteiger partial charge in [0, 0.05) is 25.8 Å². The maximum absolute atomic E-state index is 6.39. The molecule has 0 aromatic carbocycles. The molecular formula is C16H28ClN3. The molecule has 0 saturated heterocycles. The number of nitrogens with zero attached hydrogens (tertiary/aromatic N) is 2. The number of hydrogen-bond acceptors (Lipinski definition) is 3. The van der Waals surface area contributed by atoms with Crippen molar-refractivity contribution < 1.29 is 0 Å². The number of nitrogens with one attached hydrogen (secondary N) is 1. The van der Waals surface area contributed by atoms with Gasteiger partial charge in [-0.15, -0.1) is 0 Å². The first-order chi connectivity index (χ1) is 9.45. The zero-order chi connectivity index (χ0) is 15.1. The monoisotopic (exact) mass is 297 g/mol. The maximum atomic E-state index is 6.39. The number of rotatable bonds is 8. The Hall–Kier alpha value is -0.800. The Morgan fingerprint density at radius 1 is 1.35 bits per heavy atom. The van der Waals surface area contributed by atoms with Gasteiger partial charge in [-0.25, -0.2) is 4.98 Å². The van der Waals surface area contributed by atoms with Gasteiger partial charge in [-0.1, -0.05) is 32.4 Å². The maximum Gasteiger partial charge on any atom is 0.147 e. The first kappa shape index (κ1) is 17.3. The molecule has 4 heteroatoms. The zero-order valence-corrected chi connectivity index (χ0v) is 14.2. The van der Waals surface area contributed by atoms with Crippen molar-refractivity contribution >= 4 is 17.4 Å². The Morgan fingerprint density at radius 3 is 2.60 bits per heavy atom. The fourth-order valence-corrected chi connectivity index (χ4v) is 2.61. The number of pyridine rings is 1. The second-order valence-electron chi connectivity index (χ2n) is 5.92. The van der Waals surface area contributed by atoms with Crippen molar-refractivity contribution in [2.45, 2.75) is 53.1 Å². The summed E-state index contributed by atoms with van der Waals surface area (Å²) in [6.45, 7) is 10.7. The van der Waals surface area contributed by atoms with Gasteiger partial charge in [0.25, 0.3) is 0 Å². The van der Waals surface area contributed by atoms with Gasteiger partial charge in [0.15, 0.2) is 0 Å². The summed E-state index contributed by atoms with van der Waals surface area (Å²) in [5, 5.41) is 4.10. The van der Waals surface area contributed by atoms with Gasteiger partial charge in [-0.05, 0) is 43.9 Å². The van der Waals surface area contributed by atoms with E-state index in [0.717, 1.165) is 42.3 Å². The highest BCUT2D eigenvalue weighted by atomic mass is 35.5. The third-order valence-corrected chi connectivity index (χ3v) is 3.72. The summed E-state index contributed by atoms with van der Waals surface area (Å²) in [6, 6.07) is 2.45. The summed E-state index contributed by atoms with van der Waals surface area (Å²) in [4.78, 5) is 6.71. The number of halogens is 1. The highest BCUT2D eigenvalue weighted by Crippen LogP contribution is 2.26. The summed E-state index contributed by atoms with van der Waals surface area (Å²) in [7, 11) is 2.07. The van der Waals surface area contributed by atoms with Crippen LogP contribution >= 0.6 is 11.6 Å². The minimum Gasteiger partial charge on any atom is -0.356 e. The molecule has 0 bridgehead atoms. The molecule has 1 N–H and O–H groups in total. The Kier molecular flexibility index (Phi) is 7.31. The predicted octanol–water partition coefficient (Wildman–Crippen LogP) is 4.11. The molecule has 0 aliphatic carbocycles. The quantitative estimate of drug-likeness (QED) is 0.732. The van der Waals surface area contributed by atoms with Gasteiger partial charge in [0.2, 0.25) is 0 Å². The fourth-order valence-electron chi connectivity index (χ4n) is 2.29. The standard InChI is InChI=1S/C16H28ClN3/c1-6-7-18-10-14-9-15(17)16(19-11-14)20(5)13(4)8-12(2)3/h9,11-13,18H,6-8,10H2,1-5H3. The van der Waals surface area contributed by atoms with E-state index in [2.05, 4.69) is 49.9 Å². The largest absolute Gasteiger partial charge is 0.356 e. The van der Waals surface area contributed by atoms with Crippen LogP contribution in [0, 0.1) is 5.92 Å². The third kappa shape index (κ3) is 5.29. The minimum atomic E-state index is 0.434. The second-order valence-corrected chi connectivity index (χ2v) is 6.32. The number of aromatic nitrogens is 1. The molecule has 0 amide bonds. The lowest BCUT2D eigenvalue weighted by Gasteiger charge is -2.28. The molecule has 0 aliphatic heterocycles. The lowest BCUT2D eigenvalue weighted by Crippen LogP contribution is -2.31. The number of hydrogen-bond donors (Lipinski definition) is 1. The van der Waals surface area contributed by atoms with Gasteiger partial charge in [0.1, 0.15) is 5.82 Å². The average Bonchev–Trinajstić information content (AvgIpc) is 2.37.